The number of nitrogens with two attached hydrogens (primary N) is 1. The summed E-state index contributed by atoms with van der Waals surface area (Å²) >= 11 is 0. The monoisotopic (exact) mass is 649 g/mol. The van der Waals surface area contributed by atoms with Gasteiger partial charge in [-0.25, -0.2) is 4.79 Å². The molecule has 46 heavy (non-hydrogen) atoms. The van der Waals surface area contributed by atoms with E-state index in [2.05, 4.69) is 46.0 Å². The summed E-state index contributed by atoms with van der Waals surface area (Å²) in [4.78, 5) is 12.6. The fraction of sp³-hybridized carbons (Fsp3) is 0.921. The van der Waals surface area contributed by atoms with Crippen molar-refractivity contribution in [1.29, 1.82) is 0 Å². The molecule has 0 aromatic heterocycles. The minimum Gasteiger partial charge on any atom is -0.446 e. The molecular weight excluding hydrogens is 580 g/mol. The number of hydrogen-bond donors (Lipinski definition) is 2. The molecule has 0 saturated heterocycles. The molecule has 4 rings (SSSR count). The maximum absolute atomic E-state index is 12.6. The first-order valence-corrected chi connectivity index (χ1v) is 18.8. The standard InChI is InChI=1S/C38H68N2O6/c1-28(2)7-6-8-29(3)33-11-12-34-32-10-9-30-27-31(13-15-37(30,4)35(32)14-16-38(33,34)5)46-36(41)40-18-20-43-22-24-45-26-25-44-23-21-42-19-17-39/h9,28-29,31-35H,6-8,10-27,39H2,1-5H3,(H,40,41)/t29-,31+,32?,33?,34?,35?,37+,38-/m1/s1. The summed E-state index contributed by atoms with van der Waals surface area (Å²) in [5, 5.41) is 2.87. The molecule has 0 aromatic rings. The van der Waals surface area contributed by atoms with Crippen molar-refractivity contribution in [3.63, 3.8) is 0 Å². The first kappa shape index (κ1) is 37.6. The number of alkyl carbamates (subject to hydrolysis) is 1. The van der Waals surface area contributed by atoms with Crippen molar-refractivity contribution in [3.8, 4) is 0 Å². The van der Waals surface area contributed by atoms with Gasteiger partial charge in [-0.3, -0.25) is 0 Å². The third kappa shape index (κ3) is 9.93. The van der Waals surface area contributed by atoms with E-state index < -0.39 is 0 Å². The van der Waals surface area contributed by atoms with Crippen LogP contribution in [-0.4, -0.2) is 78.1 Å². The number of amides is 1. The highest BCUT2D eigenvalue weighted by Crippen LogP contribution is 2.67. The molecule has 4 aliphatic carbocycles. The molecule has 8 heteroatoms. The van der Waals surface area contributed by atoms with E-state index in [-0.39, 0.29) is 17.6 Å². The quantitative estimate of drug-likeness (QED) is 0.107. The highest BCUT2D eigenvalue weighted by molar-refractivity contribution is 5.67. The highest BCUT2D eigenvalue weighted by atomic mass is 16.6. The van der Waals surface area contributed by atoms with E-state index in [0.717, 1.165) is 54.8 Å². The highest BCUT2D eigenvalue weighted by Gasteiger charge is 2.59. The van der Waals surface area contributed by atoms with Crippen LogP contribution in [0.3, 0.4) is 0 Å². The Kier molecular flexibility index (Phi) is 15.2. The van der Waals surface area contributed by atoms with Gasteiger partial charge in [-0.1, -0.05) is 65.5 Å². The number of nitrogens with one attached hydrogen (secondary N) is 1. The first-order valence-electron chi connectivity index (χ1n) is 18.8. The fourth-order valence-electron chi connectivity index (χ4n) is 10.0. The minimum atomic E-state index is -0.330. The molecule has 0 aromatic carbocycles. The van der Waals surface area contributed by atoms with Crippen LogP contribution < -0.4 is 11.1 Å². The molecule has 0 spiro atoms. The van der Waals surface area contributed by atoms with Crippen LogP contribution >= 0.6 is 0 Å². The smallest absolute Gasteiger partial charge is 0.407 e. The second-order valence-electron chi connectivity index (χ2n) is 15.7. The van der Waals surface area contributed by atoms with Crippen LogP contribution in [0.5, 0.6) is 0 Å². The SMILES string of the molecule is CC(C)CCC[C@@H](C)C1CCC2C3CC=C4C[C@@H](OC(=O)NCCOCCOCCOCCOCCN)CC[C@]4(C)C3CC[C@@]21C. The van der Waals surface area contributed by atoms with Gasteiger partial charge in [0.05, 0.1) is 52.9 Å². The molecular formula is C38H68N2O6. The summed E-state index contributed by atoms with van der Waals surface area (Å²) < 4.78 is 27.7. The third-order valence-corrected chi connectivity index (χ3v) is 12.4. The predicted molar refractivity (Wildman–Crippen MR) is 184 cm³/mol. The lowest BCUT2D eigenvalue weighted by molar-refractivity contribution is -0.0581. The molecule has 0 bridgehead atoms. The van der Waals surface area contributed by atoms with Crippen LogP contribution in [0.15, 0.2) is 11.6 Å². The van der Waals surface area contributed by atoms with Crippen molar-refractivity contribution in [1.82, 2.24) is 5.32 Å². The van der Waals surface area contributed by atoms with Crippen molar-refractivity contribution in [2.45, 2.75) is 111 Å². The van der Waals surface area contributed by atoms with Gasteiger partial charge in [0.2, 0.25) is 0 Å². The Labute approximate surface area is 280 Å². The summed E-state index contributed by atoms with van der Waals surface area (Å²) in [7, 11) is 0. The Balaban J connectivity index is 1.12. The Morgan fingerprint density at radius 1 is 0.870 bits per heavy atom. The summed E-state index contributed by atoms with van der Waals surface area (Å²) in [5.74, 6) is 5.05. The molecule has 4 aliphatic rings. The van der Waals surface area contributed by atoms with Gasteiger partial charge in [0.25, 0.3) is 0 Å². The molecule has 3 saturated carbocycles. The van der Waals surface area contributed by atoms with Crippen LogP contribution in [0, 0.1) is 46.3 Å². The molecule has 0 radical (unpaired) electrons. The van der Waals surface area contributed by atoms with Gasteiger partial charge in [0.15, 0.2) is 0 Å². The average Bonchev–Trinajstić information content (AvgIpc) is 3.38. The number of carbonyl (C=O) groups excluding carboxylic acids is 1. The van der Waals surface area contributed by atoms with Crippen LogP contribution in [0.4, 0.5) is 4.79 Å². The Bertz CT molecular complexity index is 944. The van der Waals surface area contributed by atoms with Crippen molar-refractivity contribution in [3.05, 3.63) is 11.6 Å². The van der Waals surface area contributed by atoms with Gasteiger partial charge >= 0.3 is 6.09 Å². The largest absolute Gasteiger partial charge is 0.446 e. The van der Waals surface area contributed by atoms with Crippen LogP contribution in [-0.2, 0) is 23.7 Å². The lowest BCUT2D eigenvalue weighted by Gasteiger charge is -2.58. The van der Waals surface area contributed by atoms with E-state index in [1.165, 1.54) is 51.4 Å². The Morgan fingerprint density at radius 3 is 2.22 bits per heavy atom. The van der Waals surface area contributed by atoms with Crippen molar-refractivity contribution < 1.29 is 28.5 Å². The lowest BCUT2D eigenvalue weighted by atomic mass is 9.47. The second kappa shape index (κ2) is 18.5. The van der Waals surface area contributed by atoms with Gasteiger partial charge in [-0.05, 0) is 91.3 Å². The number of fused-ring (bicyclic) bond motifs is 5. The second-order valence-corrected chi connectivity index (χ2v) is 15.7. The summed E-state index contributed by atoms with van der Waals surface area (Å²) in [6, 6.07) is 0. The minimum absolute atomic E-state index is 0.0314. The van der Waals surface area contributed by atoms with E-state index in [9.17, 15) is 4.79 Å². The van der Waals surface area contributed by atoms with Gasteiger partial charge in [-0.15, -0.1) is 0 Å². The van der Waals surface area contributed by atoms with Gasteiger partial charge in [-0.2, -0.15) is 0 Å². The molecule has 266 valence electrons. The Hall–Kier alpha value is -1.19. The predicted octanol–water partition coefficient (Wildman–Crippen LogP) is 7.15. The molecule has 3 fully saturated rings. The van der Waals surface area contributed by atoms with E-state index >= 15 is 0 Å². The van der Waals surface area contributed by atoms with Crippen molar-refractivity contribution in [2.75, 3.05) is 65.9 Å². The van der Waals surface area contributed by atoms with E-state index in [0.29, 0.717) is 71.4 Å². The number of ether oxygens (including phenoxy) is 5. The Morgan fingerprint density at radius 2 is 1.54 bits per heavy atom. The number of rotatable bonds is 20. The van der Waals surface area contributed by atoms with E-state index in [4.69, 9.17) is 29.4 Å². The van der Waals surface area contributed by atoms with E-state index in [1.54, 1.807) is 5.57 Å². The summed E-state index contributed by atoms with van der Waals surface area (Å²) in [6.45, 7) is 17.6. The summed E-state index contributed by atoms with van der Waals surface area (Å²) in [6.07, 6.45) is 16.2. The number of hydrogen-bond acceptors (Lipinski definition) is 7. The van der Waals surface area contributed by atoms with Gasteiger partial charge < -0.3 is 34.7 Å². The van der Waals surface area contributed by atoms with Crippen molar-refractivity contribution >= 4 is 6.09 Å². The molecule has 3 N–H and O–H groups in total. The van der Waals surface area contributed by atoms with Crippen molar-refractivity contribution in [2.24, 2.45) is 52.1 Å². The third-order valence-electron chi connectivity index (χ3n) is 12.4. The normalized spacial score (nSPS) is 32.8. The van der Waals surface area contributed by atoms with E-state index in [1.807, 2.05) is 0 Å². The topological polar surface area (TPSA) is 101 Å². The number of carbonyl (C=O) groups is 1. The maximum Gasteiger partial charge on any atom is 0.407 e. The van der Waals surface area contributed by atoms with Crippen LogP contribution in [0.2, 0.25) is 0 Å². The summed E-state index contributed by atoms with van der Waals surface area (Å²) in [5.41, 5.74) is 7.72. The fourth-order valence-corrected chi connectivity index (χ4v) is 10.0. The van der Waals surface area contributed by atoms with Crippen LogP contribution in [0.25, 0.3) is 0 Å². The lowest BCUT2D eigenvalue weighted by Crippen LogP contribution is -2.51. The molecule has 8 atom stereocenters. The molecule has 0 aliphatic heterocycles. The molecule has 1 amide bonds. The molecule has 0 heterocycles. The molecule has 8 nitrogen and oxygen atoms in total. The van der Waals surface area contributed by atoms with Crippen LogP contribution in [0.1, 0.15) is 105 Å². The van der Waals surface area contributed by atoms with Gasteiger partial charge in [0.1, 0.15) is 6.10 Å². The zero-order valence-electron chi connectivity index (χ0n) is 30.0. The maximum atomic E-state index is 12.6. The average molecular weight is 649 g/mol. The zero-order valence-corrected chi connectivity index (χ0v) is 30.0. The van der Waals surface area contributed by atoms with Gasteiger partial charge in [0, 0.05) is 19.5 Å². The zero-order chi connectivity index (χ0) is 33.0. The molecule has 4 unspecified atom stereocenters. The number of allylic oxidation sites excluding steroid dienone is 1. The first-order chi connectivity index (χ1) is 22.2.